The van der Waals surface area contributed by atoms with E-state index in [4.69, 9.17) is 0 Å². The maximum absolute atomic E-state index is 12.2. The molecule has 1 amide bonds. The average molecular weight is 330 g/mol. The lowest BCUT2D eigenvalue weighted by Gasteiger charge is -2.29. The Morgan fingerprint density at radius 2 is 2.05 bits per heavy atom. The van der Waals surface area contributed by atoms with Crippen LogP contribution >= 0.6 is 15.9 Å². The molecule has 1 heterocycles. The van der Waals surface area contributed by atoms with Gasteiger partial charge in [0.05, 0.1) is 5.69 Å². The number of hydrogen-bond acceptors (Lipinski definition) is 2. The third-order valence-electron chi connectivity index (χ3n) is 3.84. The molecule has 1 aromatic rings. The number of carbonyl (C=O) groups excluding carboxylic acids is 1. The molecule has 1 aromatic heterocycles. The van der Waals surface area contributed by atoms with Crippen molar-refractivity contribution in [2.45, 2.75) is 47.1 Å². The average Bonchev–Trinajstić information content (AvgIpc) is 2.82. The molecule has 0 aromatic carbocycles. The molecule has 0 aliphatic heterocycles. The van der Waals surface area contributed by atoms with Gasteiger partial charge in [0.1, 0.15) is 5.69 Å². The zero-order valence-electron chi connectivity index (χ0n) is 12.3. The lowest BCUT2D eigenvalue weighted by Crippen LogP contribution is -2.38. The van der Waals surface area contributed by atoms with Gasteiger partial charge in [0.15, 0.2) is 0 Å². The van der Waals surface area contributed by atoms with Gasteiger partial charge in [-0.3, -0.25) is 9.48 Å². The minimum atomic E-state index is -0.0327. The fraction of sp³-hybridized carbons (Fsp3) is 0.714. The first kappa shape index (κ1) is 16.2. The van der Waals surface area contributed by atoms with Crippen LogP contribution in [0, 0.1) is 12.3 Å². The van der Waals surface area contributed by atoms with Crippen LogP contribution in [0.1, 0.15) is 49.8 Å². The second-order valence-corrected chi connectivity index (χ2v) is 5.57. The summed E-state index contributed by atoms with van der Waals surface area (Å²) in [6.07, 6.45) is 2.09. The summed E-state index contributed by atoms with van der Waals surface area (Å²) in [5.41, 5.74) is 1.67. The van der Waals surface area contributed by atoms with Gasteiger partial charge < -0.3 is 5.32 Å². The van der Waals surface area contributed by atoms with Crippen molar-refractivity contribution in [1.82, 2.24) is 15.1 Å². The monoisotopic (exact) mass is 329 g/mol. The molecule has 0 aliphatic rings. The molecular weight excluding hydrogens is 306 g/mol. The Kier molecular flexibility index (Phi) is 6.04. The molecule has 4 nitrogen and oxygen atoms in total. The SMILES string of the molecule is CCn1nc(C)cc1C(=O)NCC(CC)(CC)CBr. The topological polar surface area (TPSA) is 46.9 Å². The van der Waals surface area contributed by atoms with Crippen LogP contribution in [0.2, 0.25) is 0 Å². The number of nitrogens with one attached hydrogen (secondary N) is 1. The van der Waals surface area contributed by atoms with Crippen molar-refractivity contribution in [2.75, 3.05) is 11.9 Å². The van der Waals surface area contributed by atoms with Gasteiger partial charge in [-0.15, -0.1) is 0 Å². The number of amides is 1. The third kappa shape index (κ3) is 3.81. The van der Waals surface area contributed by atoms with E-state index in [0.29, 0.717) is 18.8 Å². The molecule has 1 N–H and O–H groups in total. The van der Waals surface area contributed by atoms with Gasteiger partial charge in [-0.1, -0.05) is 29.8 Å². The summed E-state index contributed by atoms with van der Waals surface area (Å²) in [4.78, 5) is 12.2. The van der Waals surface area contributed by atoms with Gasteiger partial charge in [0, 0.05) is 18.4 Å². The summed E-state index contributed by atoms with van der Waals surface area (Å²) in [6.45, 7) is 9.63. The zero-order chi connectivity index (χ0) is 14.5. The van der Waals surface area contributed by atoms with Crippen LogP contribution in [0.15, 0.2) is 6.07 Å². The molecule has 0 spiro atoms. The lowest BCUT2D eigenvalue weighted by molar-refractivity contribution is 0.0921. The Morgan fingerprint density at radius 1 is 1.42 bits per heavy atom. The first-order valence-corrected chi connectivity index (χ1v) is 8.02. The summed E-state index contributed by atoms with van der Waals surface area (Å²) in [5, 5.41) is 8.25. The zero-order valence-corrected chi connectivity index (χ0v) is 13.9. The Hall–Kier alpha value is -0.840. The molecule has 19 heavy (non-hydrogen) atoms. The van der Waals surface area contributed by atoms with E-state index in [1.165, 1.54) is 0 Å². The van der Waals surface area contributed by atoms with E-state index in [0.717, 1.165) is 23.9 Å². The fourth-order valence-corrected chi connectivity index (χ4v) is 3.06. The summed E-state index contributed by atoms with van der Waals surface area (Å²) < 4.78 is 1.75. The normalized spacial score (nSPS) is 11.6. The van der Waals surface area contributed by atoms with E-state index in [1.54, 1.807) is 4.68 Å². The van der Waals surface area contributed by atoms with Crippen LogP contribution in [0.3, 0.4) is 0 Å². The molecule has 5 heteroatoms. The second kappa shape index (κ2) is 7.08. The molecule has 0 unspecified atom stereocenters. The Balaban J connectivity index is 2.74. The van der Waals surface area contributed by atoms with Gasteiger partial charge in [0.2, 0.25) is 0 Å². The van der Waals surface area contributed by atoms with E-state index in [1.807, 2.05) is 19.9 Å². The summed E-state index contributed by atoms with van der Waals surface area (Å²) in [7, 11) is 0. The Labute approximate surface area is 124 Å². The van der Waals surface area contributed by atoms with Crippen LogP contribution in [0.4, 0.5) is 0 Å². The van der Waals surface area contributed by atoms with E-state index >= 15 is 0 Å². The molecule has 0 saturated heterocycles. The summed E-state index contributed by atoms with van der Waals surface area (Å²) >= 11 is 3.56. The number of alkyl halides is 1. The predicted molar refractivity (Wildman–Crippen MR) is 81.8 cm³/mol. The van der Waals surface area contributed by atoms with Crippen molar-refractivity contribution in [3.05, 3.63) is 17.5 Å². The number of nitrogens with zero attached hydrogens (tertiary/aromatic N) is 2. The van der Waals surface area contributed by atoms with Crippen molar-refractivity contribution in [3.63, 3.8) is 0 Å². The summed E-state index contributed by atoms with van der Waals surface area (Å²) in [6, 6.07) is 1.84. The molecule has 0 radical (unpaired) electrons. The van der Waals surface area contributed by atoms with E-state index < -0.39 is 0 Å². The standard InChI is InChI=1S/C14H24BrN3O/c1-5-14(6-2,9-15)10-16-13(19)12-8-11(4)17-18(12)7-3/h8H,5-7,9-10H2,1-4H3,(H,16,19). The van der Waals surface area contributed by atoms with Crippen LogP contribution < -0.4 is 5.32 Å². The Bertz CT molecular complexity index is 416. The first-order valence-electron chi connectivity index (χ1n) is 6.90. The van der Waals surface area contributed by atoms with Gasteiger partial charge >= 0.3 is 0 Å². The highest BCUT2D eigenvalue weighted by Crippen LogP contribution is 2.27. The lowest BCUT2D eigenvalue weighted by atomic mass is 9.84. The van der Waals surface area contributed by atoms with Crippen LogP contribution in [0.5, 0.6) is 0 Å². The number of rotatable bonds is 7. The number of carbonyl (C=O) groups is 1. The quantitative estimate of drug-likeness (QED) is 0.781. The fourth-order valence-electron chi connectivity index (χ4n) is 2.06. The van der Waals surface area contributed by atoms with E-state index in [9.17, 15) is 4.79 Å². The predicted octanol–water partition coefficient (Wildman–Crippen LogP) is 3.14. The van der Waals surface area contributed by atoms with Crippen molar-refractivity contribution in [3.8, 4) is 0 Å². The second-order valence-electron chi connectivity index (χ2n) is 5.01. The van der Waals surface area contributed by atoms with Gasteiger partial charge in [-0.2, -0.15) is 5.10 Å². The molecule has 0 atom stereocenters. The van der Waals surface area contributed by atoms with Gasteiger partial charge in [0.25, 0.3) is 5.91 Å². The molecule has 0 saturated carbocycles. The van der Waals surface area contributed by atoms with Crippen LogP contribution in [-0.4, -0.2) is 27.6 Å². The van der Waals surface area contributed by atoms with E-state index in [2.05, 4.69) is 40.2 Å². The number of hydrogen-bond donors (Lipinski definition) is 1. The largest absolute Gasteiger partial charge is 0.350 e. The molecule has 0 aliphatic carbocycles. The van der Waals surface area contributed by atoms with E-state index in [-0.39, 0.29) is 11.3 Å². The van der Waals surface area contributed by atoms with Gasteiger partial charge in [-0.25, -0.2) is 0 Å². The highest BCUT2D eigenvalue weighted by Gasteiger charge is 2.26. The highest BCUT2D eigenvalue weighted by molar-refractivity contribution is 9.09. The third-order valence-corrected chi connectivity index (χ3v) is 5.03. The number of aryl methyl sites for hydroxylation is 2. The smallest absolute Gasteiger partial charge is 0.269 e. The summed E-state index contributed by atoms with van der Waals surface area (Å²) in [5.74, 6) is -0.0327. The number of aromatic nitrogens is 2. The Morgan fingerprint density at radius 3 is 2.53 bits per heavy atom. The van der Waals surface area contributed by atoms with Crippen molar-refractivity contribution in [2.24, 2.45) is 5.41 Å². The maximum atomic E-state index is 12.2. The highest BCUT2D eigenvalue weighted by atomic mass is 79.9. The minimum absolute atomic E-state index is 0.0327. The maximum Gasteiger partial charge on any atom is 0.269 e. The number of halogens is 1. The van der Waals surface area contributed by atoms with Crippen LogP contribution in [0.25, 0.3) is 0 Å². The van der Waals surface area contributed by atoms with Crippen molar-refractivity contribution in [1.29, 1.82) is 0 Å². The van der Waals surface area contributed by atoms with Crippen molar-refractivity contribution < 1.29 is 4.79 Å². The molecule has 1 rings (SSSR count). The molecule has 0 bridgehead atoms. The first-order chi connectivity index (χ1) is 9.01. The van der Waals surface area contributed by atoms with Crippen LogP contribution in [-0.2, 0) is 6.54 Å². The minimum Gasteiger partial charge on any atom is -0.350 e. The van der Waals surface area contributed by atoms with Crippen molar-refractivity contribution >= 4 is 21.8 Å². The van der Waals surface area contributed by atoms with Gasteiger partial charge in [-0.05, 0) is 38.2 Å². The molecular formula is C14H24BrN3O. The molecule has 0 fully saturated rings. The molecule has 108 valence electrons.